The zero-order valence-electron chi connectivity index (χ0n) is 15.7. The highest BCUT2D eigenvalue weighted by atomic mass is 32.1. The van der Waals surface area contributed by atoms with E-state index in [0.29, 0.717) is 12.0 Å². The summed E-state index contributed by atoms with van der Waals surface area (Å²) in [7, 11) is 0. The van der Waals surface area contributed by atoms with Crippen molar-refractivity contribution in [1.29, 1.82) is 0 Å². The summed E-state index contributed by atoms with van der Waals surface area (Å²) in [6, 6.07) is 2.86. The van der Waals surface area contributed by atoms with Gasteiger partial charge in [0, 0.05) is 38.1 Å². The maximum Gasteiger partial charge on any atom is 0.191 e. The van der Waals surface area contributed by atoms with Gasteiger partial charge in [0.2, 0.25) is 0 Å². The van der Waals surface area contributed by atoms with Gasteiger partial charge in [-0.1, -0.05) is 6.92 Å². The van der Waals surface area contributed by atoms with Crippen LogP contribution < -0.4 is 10.6 Å². The minimum atomic E-state index is 0.470. The van der Waals surface area contributed by atoms with Crippen molar-refractivity contribution in [3.8, 4) is 0 Å². The Morgan fingerprint density at radius 2 is 2.21 bits per heavy atom. The van der Waals surface area contributed by atoms with Gasteiger partial charge < -0.3 is 15.5 Å². The number of hydrogen-bond acceptors (Lipinski definition) is 3. The van der Waals surface area contributed by atoms with E-state index in [1.54, 1.807) is 11.3 Å². The van der Waals surface area contributed by atoms with E-state index in [1.807, 2.05) is 0 Å². The molecule has 136 valence electrons. The molecule has 2 atom stereocenters. The lowest BCUT2D eigenvalue weighted by molar-refractivity contribution is 0.141. The van der Waals surface area contributed by atoms with Gasteiger partial charge in [0.1, 0.15) is 0 Å². The van der Waals surface area contributed by atoms with Crippen molar-refractivity contribution in [2.45, 2.75) is 52.5 Å². The Labute approximate surface area is 151 Å². The molecule has 0 saturated carbocycles. The van der Waals surface area contributed by atoms with Crippen molar-refractivity contribution < 1.29 is 0 Å². The number of hydrogen-bond donors (Lipinski definition) is 2. The number of thiophene rings is 1. The van der Waals surface area contributed by atoms with Gasteiger partial charge in [-0.2, -0.15) is 11.3 Å². The van der Waals surface area contributed by atoms with Gasteiger partial charge >= 0.3 is 0 Å². The Kier molecular flexibility index (Phi) is 8.06. The molecule has 1 aromatic heterocycles. The number of likely N-dealkylation sites (tertiary alicyclic amines) is 1. The van der Waals surface area contributed by atoms with Crippen LogP contribution in [0.4, 0.5) is 0 Å². The van der Waals surface area contributed by atoms with Crippen LogP contribution in [0.25, 0.3) is 0 Å². The van der Waals surface area contributed by atoms with E-state index in [9.17, 15) is 0 Å². The molecule has 1 aliphatic rings. The summed E-state index contributed by atoms with van der Waals surface area (Å²) in [6.07, 6.45) is 2.63. The largest absolute Gasteiger partial charge is 0.357 e. The zero-order chi connectivity index (χ0) is 17.4. The standard InChI is InChI=1S/C19H34N4S/c1-5-20-19(21-11-16(4)18-8-10-24-14-18)22-12-17-7-6-9-23(13-17)15(2)3/h8,10,14-17H,5-7,9,11-13H2,1-4H3,(H2,20,21,22). The fourth-order valence-corrected chi connectivity index (χ4v) is 3.99. The molecule has 0 amide bonds. The maximum atomic E-state index is 4.79. The van der Waals surface area contributed by atoms with Crippen LogP contribution in [-0.2, 0) is 0 Å². The summed E-state index contributed by atoms with van der Waals surface area (Å²) in [5.41, 5.74) is 1.39. The second kappa shape index (κ2) is 10.0. The lowest BCUT2D eigenvalue weighted by atomic mass is 9.97. The normalized spacial score (nSPS) is 21.0. The topological polar surface area (TPSA) is 39.7 Å². The number of piperidine rings is 1. The van der Waals surface area contributed by atoms with Crippen LogP contribution in [0.5, 0.6) is 0 Å². The van der Waals surface area contributed by atoms with E-state index in [1.165, 1.54) is 31.5 Å². The number of aliphatic imine (C=N–C) groups is 1. The second-order valence-electron chi connectivity index (χ2n) is 7.16. The maximum absolute atomic E-state index is 4.79. The van der Waals surface area contributed by atoms with Gasteiger partial charge in [-0.15, -0.1) is 0 Å². The molecule has 5 heteroatoms. The SMILES string of the molecule is CCNC(=NCC(C)c1ccsc1)NCC1CCCN(C(C)C)C1. The molecule has 2 heterocycles. The van der Waals surface area contributed by atoms with Crippen molar-refractivity contribution in [1.82, 2.24) is 15.5 Å². The first-order chi connectivity index (χ1) is 11.6. The summed E-state index contributed by atoms with van der Waals surface area (Å²) in [6.45, 7) is 14.2. The van der Waals surface area contributed by atoms with E-state index in [4.69, 9.17) is 4.99 Å². The predicted octanol–water partition coefficient (Wildman–Crippen LogP) is 3.53. The van der Waals surface area contributed by atoms with Gasteiger partial charge in [-0.3, -0.25) is 4.99 Å². The molecule has 1 fully saturated rings. The van der Waals surface area contributed by atoms with Crippen LogP contribution in [-0.4, -0.2) is 49.6 Å². The minimum Gasteiger partial charge on any atom is -0.357 e. The summed E-state index contributed by atoms with van der Waals surface area (Å²) < 4.78 is 0. The molecular weight excluding hydrogens is 316 g/mol. The number of rotatable bonds is 7. The number of nitrogens with zero attached hydrogens (tertiary/aromatic N) is 2. The van der Waals surface area contributed by atoms with E-state index in [0.717, 1.165) is 31.5 Å². The van der Waals surface area contributed by atoms with Crippen LogP contribution in [0.2, 0.25) is 0 Å². The molecule has 2 N–H and O–H groups in total. The second-order valence-corrected chi connectivity index (χ2v) is 7.94. The highest BCUT2D eigenvalue weighted by Crippen LogP contribution is 2.19. The molecule has 2 rings (SSSR count). The molecule has 0 aromatic carbocycles. The molecule has 0 aliphatic carbocycles. The Morgan fingerprint density at radius 3 is 2.88 bits per heavy atom. The molecule has 0 bridgehead atoms. The first-order valence-electron chi connectivity index (χ1n) is 9.38. The van der Waals surface area contributed by atoms with Crippen molar-refractivity contribution in [2.75, 3.05) is 32.7 Å². The number of nitrogens with one attached hydrogen (secondary N) is 2. The first kappa shape index (κ1) is 19.3. The fourth-order valence-electron chi connectivity index (χ4n) is 3.20. The van der Waals surface area contributed by atoms with E-state index in [2.05, 4.69) is 60.1 Å². The van der Waals surface area contributed by atoms with Gasteiger partial charge in [-0.05, 0) is 68.5 Å². The molecule has 1 aliphatic heterocycles. The van der Waals surface area contributed by atoms with Gasteiger partial charge in [0.15, 0.2) is 5.96 Å². The molecule has 0 spiro atoms. The molecule has 0 radical (unpaired) electrons. The average molecular weight is 351 g/mol. The highest BCUT2D eigenvalue weighted by Gasteiger charge is 2.21. The van der Waals surface area contributed by atoms with Crippen LogP contribution in [0.15, 0.2) is 21.8 Å². The van der Waals surface area contributed by atoms with E-state index >= 15 is 0 Å². The Balaban J connectivity index is 1.83. The van der Waals surface area contributed by atoms with Crippen LogP contribution in [0.1, 0.15) is 52.0 Å². The quantitative estimate of drug-likeness (QED) is 0.584. The summed E-state index contributed by atoms with van der Waals surface area (Å²) >= 11 is 1.76. The monoisotopic (exact) mass is 350 g/mol. The van der Waals surface area contributed by atoms with Crippen molar-refractivity contribution in [3.05, 3.63) is 22.4 Å². The zero-order valence-corrected chi connectivity index (χ0v) is 16.5. The molecular formula is C19H34N4S. The smallest absolute Gasteiger partial charge is 0.191 e. The van der Waals surface area contributed by atoms with Crippen molar-refractivity contribution in [3.63, 3.8) is 0 Å². The fraction of sp³-hybridized carbons (Fsp3) is 0.737. The van der Waals surface area contributed by atoms with Gasteiger partial charge in [-0.25, -0.2) is 0 Å². The summed E-state index contributed by atoms with van der Waals surface area (Å²) in [4.78, 5) is 7.39. The summed E-state index contributed by atoms with van der Waals surface area (Å²) in [5.74, 6) is 2.15. The predicted molar refractivity (Wildman–Crippen MR) is 106 cm³/mol. The van der Waals surface area contributed by atoms with E-state index < -0.39 is 0 Å². The molecule has 2 unspecified atom stereocenters. The lowest BCUT2D eigenvalue weighted by Crippen LogP contribution is -2.46. The molecule has 1 saturated heterocycles. The third kappa shape index (κ3) is 6.10. The Bertz CT molecular complexity index is 484. The molecule has 4 nitrogen and oxygen atoms in total. The van der Waals surface area contributed by atoms with E-state index in [-0.39, 0.29) is 0 Å². The van der Waals surface area contributed by atoms with Crippen LogP contribution >= 0.6 is 11.3 Å². The van der Waals surface area contributed by atoms with Crippen molar-refractivity contribution in [2.24, 2.45) is 10.9 Å². The van der Waals surface area contributed by atoms with Gasteiger partial charge in [0.05, 0.1) is 0 Å². The average Bonchev–Trinajstić information content (AvgIpc) is 3.12. The van der Waals surface area contributed by atoms with Crippen molar-refractivity contribution >= 4 is 17.3 Å². The minimum absolute atomic E-state index is 0.470. The van der Waals surface area contributed by atoms with Crippen LogP contribution in [0.3, 0.4) is 0 Å². The summed E-state index contributed by atoms with van der Waals surface area (Å²) in [5, 5.41) is 11.3. The molecule has 1 aromatic rings. The number of guanidine groups is 1. The Morgan fingerprint density at radius 1 is 1.38 bits per heavy atom. The van der Waals surface area contributed by atoms with Crippen LogP contribution in [0, 0.1) is 5.92 Å². The molecule has 24 heavy (non-hydrogen) atoms. The van der Waals surface area contributed by atoms with Gasteiger partial charge in [0.25, 0.3) is 0 Å². The highest BCUT2D eigenvalue weighted by molar-refractivity contribution is 7.07. The first-order valence-corrected chi connectivity index (χ1v) is 10.3. The third-order valence-corrected chi connectivity index (χ3v) is 5.52. The third-order valence-electron chi connectivity index (χ3n) is 4.82. The Hall–Kier alpha value is -1.07. The lowest BCUT2D eigenvalue weighted by Gasteiger charge is -2.35.